The van der Waals surface area contributed by atoms with Crippen molar-refractivity contribution in [2.24, 2.45) is 13.0 Å². The van der Waals surface area contributed by atoms with Gasteiger partial charge in [-0.3, -0.25) is 9.58 Å². The molecule has 1 aromatic heterocycles. The minimum Gasteiger partial charge on any atom is -0.478 e. The van der Waals surface area contributed by atoms with Crippen LogP contribution >= 0.6 is 0 Å². The lowest BCUT2D eigenvalue weighted by Gasteiger charge is -2.32. The highest BCUT2D eigenvalue weighted by Gasteiger charge is 2.41. The van der Waals surface area contributed by atoms with Crippen molar-refractivity contribution < 1.29 is 23.1 Å². The van der Waals surface area contributed by atoms with Crippen LogP contribution in [0.4, 0.5) is 13.2 Å². The fraction of sp³-hybridized carbons (Fsp3) is 0.667. The third-order valence-corrected chi connectivity index (χ3v) is 3.72. The van der Waals surface area contributed by atoms with Gasteiger partial charge < -0.3 is 5.11 Å². The summed E-state index contributed by atoms with van der Waals surface area (Å²) in [7, 11) is 1.63. The first kappa shape index (κ1) is 14.8. The van der Waals surface area contributed by atoms with E-state index in [2.05, 4.69) is 5.10 Å². The number of aromatic nitrogens is 2. The highest BCUT2D eigenvalue weighted by atomic mass is 19.4. The van der Waals surface area contributed by atoms with Crippen LogP contribution in [0.1, 0.15) is 28.9 Å². The van der Waals surface area contributed by atoms with Gasteiger partial charge in [0.2, 0.25) is 0 Å². The number of aromatic carboxylic acids is 1. The predicted octanol–water partition coefficient (Wildman–Crippen LogP) is 1.89. The van der Waals surface area contributed by atoms with E-state index in [4.69, 9.17) is 5.11 Å². The van der Waals surface area contributed by atoms with Crippen LogP contribution in [-0.2, 0) is 13.6 Å². The molecular formula is C12H16F3N3O2. The fourth-order valence-electron chi connectivity index (χ4n) is 2.46. The molecule has 0 amide bonds. The van der Waals surface area contributed by atoms with Crippen molar-refractivity contribution in [2.75, 3.05) is 13.1 Å². The van der Waals surface area contributed by atoms with Crippen LogP contribution in [0.25, 0.3) is 0 Å². The molecule has 2 rings (SSSR count). The Labute approximate surface area is 114 Å². The Bertz CT molecular complexity index is 491. The lowest BCUT2D eigenvalue weighted by Crippen LogP contribution is -2.39. The van der Waals surface area contributed by atoms with Gasteiger partial charge in [0.05, 0.1) is 17.8 Å². The topological polar surface area (TPSA) is 58.4 Å². The van der Waals surface area contributed by atoms with E-state index in [-0.39, 0.29) is 18.4 Å². The van der Waals surface area contributed by atoms with Crippen molar-refractivity contribution in [3.05, 3.63) is 17.5 Å². The second-order valence-corrected chi connectivity index (χ2v) is 5.03. The first-order valence-electron chi connectivity index (χ1n) is 6.32. The van der Waals surface area contributed by atoms with Gasteiger partial charge in [-0.15, -0.1) is 0 Å². The molecule has 0 spiro atoms. The van der Waals surface area contributed by atoms with Crippen molar-refractivity contribution in [1.29, 1.82) is 0 Å². The molecule has 1 N–H and O–H groups in total. The van der Waals surface area contributed by atoms with Crippen molar-refractivity contribution in [3.8, 4) is 0 Å². The SMILES string of the molecule is Cn1ncc(C(=O)O)c1CN1CCC(C(F)(F)F)CC1. The third-order valence-electron chi connectivity index (χ3n) is 3.72. The molecule has 1 aromatic rings. The number of likely N-dealkylation sites (tertiary alicyclic amines) is 1. The Kier molecular flexibility index (Phi) is 4.03. The van der Waals surface area contributed by atoms with Gasteiger partial charge in [0.1, 0.15) is 5.56 Å². The van der Waals surface area contributed by atoms with Gasteiger partial charge in [0.25, 0.3) is 0 Å². The molecule has 0 atom stereocenters. The smallest absolute Gasteiger partial charge is 0.391 e. The van der Waals surface area contributed by atoms with Gasteiger partial charge in [0, 0.05) is 13.6 Å². The molecule has 0 bridgehead atoms. The van der Waals surface area contributed by atoms with Gasteiger partial charge in [0.15, 0.2) is 0 Å². The number of hydrogen-bond acceptors (Lipinski definition) is 3. The highest BCUT2D eigenvalue weighted by molar-refractivity contribution is 5.88. The second-order valence-electron chi connectivity index (χ2n) is 5.03. The molecule has 1 fully saturated rings. The van der Waals surface area contributed by atoms with E-state index in [0.717, 1.165) is 0 Å². The number of hydrogen-bond donors (Lipinski definition) is 1. The number of piperidine rings is 1. The zero-order valence-electron chi connectivity index (χ0n) is 11.0. The maximum Gasteiger partial charge on any atom is 0.391 e. The first-order chi connectivity index (χ1) is 9.29. The van der Waals surface area contributed by atoms with Gasteiger partial charge in [-0.1, -0.05) is 0 Å². The summed E-state index contributed by atoms with van der Waals surface area (Å²) in [6.45, 7) is 0.936. The molecule has 0 unspecified atom stereocenters. The Hall–Kier alpha value is -1.57. The van der Waals surface area contributed by atoms with Crippen molar-refractivity contribution in [2.45, 2.75) is 25.6 Å². The van der Waals surface area contributed by atoms with Crippen LogP contribution in [0, 0.1) is 5.92 Å². The Morgan fingerprint density at radius 3 is 2.55 bits per heavy atom. The number of rotatable bonds is 3. The summed E-state index contributed by atoms with van der Waals surface area (Å²) in [6, 6.07) is 0. The molecule has 1 aliphatic rings. The molecule has 8 heteroatoms. The Morgan fingerprint density at radius 2 is 2.05 bits per heavy atom. The van der Waals surface area contributed by atoms with Crippen molar-refractivity contribution >= 4 is 5.97 Å². The zero-order chi connectivity index (χ0) is 14.9. The molecule has 5 nitrogen and oxygen atoms in total. The number of carboxylic acid groups (broad SMARTS) is 1. The molecule has 0 saturated carbocycles. The minimum absolute atomic E-state index is 0.0593. The second kappa shape index (κ2) is 5.43. The standard InChI is InChI=1S/C12H16F3N3O2/c1-17-10(9(6-16-17)11(19)20)7-18-4-2-8(3-5-18)12(13,14)15/h6,8H,2-5,7H2,1H3,(H,19,20). The minimum atomic E-state index is -4.13. The molecule has 20 heavy (non-hydrogen) atoms. The molecular weight excluding hydrogens is 275 g/mol. The van der Waals surface area contributed by atoms with Crippen LogP contribution in [-0.4, -0.2) is 45.0 Å². The first-order valence-corrected chi connectivity index (χ1v) is 6.32. The van der Waals surface area contributed by atoms with E-state index < -0.39 is 18.1 Å². The largest absolute Gasteiger partial charge is 0.478 e. The summed E-state index contributed by atoms with van der Waals surface area (Å²) in [5.74, 6) is -2.32. The van der Waals surface area contributed by atoms with E-state index in [0.29, 0.717) is 25.3 Å². The lowest BCUT2D eigenvalue weighted by molar-refractivity contribution is -0.185. The van der Waals surface area contributed by atoms with Crippen molar-refractivity contribution in [1.82, 2.24) is 14.7 Å². The van der Waals surface area contributed by atoms with Crippen LogP contribution in [0.15, 0.2) is 6.20 Å². The normalized spacial score (nSPS) is 18.4. The molecule has 1 saturated heterocycles. The van der Waals surface area contributed by atoms with Crippen molar-refractivity contribution in [3.63, 3.8) is 0 Å². The summed E-state index contributed by atoms with van der Waals surface area (Å²) in [4.78, 5) is 12.9. The number of carbonyl (C=O) groups is 1. The summed E-state index contributed by atoms with van der Waals surface area (Å²) in [6.07, 6.45) is -2.75. The van der Waals surface area contributed by atoms with Gasteiger partial charge in [-0.05, 0) is 25.9 Å². The molecule has 112 valence electrons. The van der Waals surface area contributed by atoms with E-state index in [1.807, 2.05) is 4.90 Å². The van der Waals surface area contributed by atoms with Crippen LogP contribution in [0.5, 0.6) is 0 Å². The molecule has 1 aliphatic heterocycles. The predicted molar refractivity (Wildman–Crippen MR) is 64.2 cm³/mol. The summed E-state index contributed by atoms with van der Waals surface area (Å²) < 4.78 is 39.2. The fourth-order valence-corrected chi connectivity index (χ4v) is 2.46. The molecule has 0 radical (unpaired) electrons. The number of alkyl halides is 3. The average Bonchev–Trinajstić information content (AvgIpc) is 2.71. The maximum atomic E-state index is 12.6. The van der Waals surface area contributed by atoms with E-state index in [1.54, 1.807) is 7.05 Å². The van der Waals surface area contributed by atoms with Crippen LogP contribution < -0.4 is 0 Å². The molecule has 2 heterocycles. The number of halogens is 3. The monoisotopic (exact) mass is 291 g/mol. The lowest BCUT2D eigenvalue weighted by atomic mass is 9.96. The molecule has 0 aliphatic carbocycles. The Balaban J connectivity index is 2.00. The number of aryl methyl sites for hydroxylation is 1. The molecule has 0 aromatic carbocycles. The summed E-state index contributed by atoms with van der Waals surface area (Å²) >= 11 is 0. The zero-order valence-corrected chi connectivity index (χ0v) is 11.0. The van der Waals surface area contributed by atoms with E-state index in [1.165, 1.54) is 10.9 Å². The van der Waals surface area contributed by atoms with E-state index in [9.17, 15) is 18.0 Å². The maximum absolute atomic E-state index is 12.6. The number of nitrogens with zero attached hydrogens (tertiary/aromatic N) is 3. The highest BCUT2D eigenvalue weighted by Crippen LogP contribution is 2.34. The summed E-state index contributed by atoms with van der Waals surface area (Å²) in [5.41, 5.74) is 0.619. The number of carboxylic acids is 1. The summed E-state index contributed by atoms with van der Waals surface area (Å²) in [5, 5.41) is 12.9. The average molecular weight is 291 g/mol. The van der Waals surface area contributed by atoms with Crippen LogP contribution in [0.2, 0.25) is 0 Å². The third kappa shape index (κ3) is 3.12. The van der Waals surface area contributed by atoms with Gasteiger partial charge >= 0.3 is 12.1 Å². The quantitative estimate of drug-likeness (QED) is 0.924. The Morgan fingerprint density at radius 1 is 1.45 bits per heavy atom. The van der Waals surface area contributed by atoms with E-state index >= 15 is 0 Å². The van der Waals surface area contributed by atoms with Crippen LogP contribution in [0.3, 0.4) is 0 Å². The van der Waals surface area contributed by atoms with Gasteiger partial charge in [-0.25, -0.2) is 4.79 Å². The van der Waals surface area contributed by atoms with Gasteiger partial charge in [-0.2, -0.15) is 18.3 Å².